The molecule has 1 saturated carbocycles. The van der Waals surface area contributed by atoms with Gasteiger partial charge in [-0.05, 0) is 37.0 Å². The van der Waals surface area contributed by atoms with Crippen molar-refractivity contribution in [1.29, 1.82) is 0 Å². The van der Waals surface area contributed by atoms with Crippen molar-refractivity contribution in [2.45, 2.75) is 25.2 Å². The van der Waals surface area contributed by atoms with Crippen LogP contribution >= 0.6 is 0 Å². The number of aromatic amines is 1. The summed E-state index contributed by atoms with van der Waals surface area (Å²) in [6.45, 7) is 0.741. The van der Waals surface area contributed by atoms with Gasteiger partial charge in [0, 0.05) is 24.2 Å². The summed E-state index contributed by atoms with van der Waals surface area (Å²) in [6.07, 6.45) is 3.11. The minimum atomic E-state index is -0.0862. The fourth-order valence-corrected chi connectivity index (χ4v) is 2.14. The molecule has 0 radical (unpaired) electrons. The van der Waals surface area contributed by atoms with Gasteiger partial charge in [0.05, 0.1) is 0 Å². The molecule has 0 unspecified atom stereocenters. The molecule has 0 aliphatic heterocycles. The molecule has 5 nitrogen and oxygen atoms in total. The SMILES string of the molecule is Nc1ccc(CCNc2cc(=O)[nH]c(C3CC3)n2)cc1. The van der Waals surface area contributed by atoms with Crippen LogP contribution in [0.3, 0.4) is 0 Å². The van der Waals surface area contributed by atoms with Crippen LogP contribution in [0.15, 0.2) is 35.1 Å². The Morgan fingerprint density at radius 2 is 2.05 bits per heavy atom. The normalized spacial score (nSPS) is 14.2. The van der Waals surface area contributed by atoms with E-state index in [9.17, 15) is 4.79 Å². The van der Waals surface area contributed by atoms with E-state index in [1.807, 2.05) is 24.3 Å². The van der Waals surface area contributed by atoms with E-state index < -0.39 is 0 Å². The van der Waals surface area contributed by atoms with E-state index >= 15 is 0 Å². The maximum absolute atomic E-state index is 11.6. The largest absolute Gasteiger partial charge is 0.399 e. The van der Waals surface area contributed by atoms with E-state index in [0.29, 0.717) is 11.7 Å². The Labute approximate surface area is 117 Å². The molecule has 5 heteroatoms. The Hall–Kier alpha value is -2.30. The monoisotopic (exact) mass is 270 g/mol. The third-order valence-corrected chi connectivity index (χ3v) is 3.42. The highest BCUT2D eigenvalue weighted by atomic mass is 16.1. The Morgan fingerprint density at radius 3 is 2.75 bits per heavy atom. The molecule has 0 atom stereocenters. The van der Waals surface area contributed by atoms with Gasteiger partial charge in [0.25, 0.3) is 5.56 Å². The van der Waals surface area contributed by atoms with Gasteiger partial charge in [-0.15, -0.1) is 0 Å². The quantitative estimate of drug-likeness (QED) is 0.724. The van der Waals surface area contributed by atoms with Crippen molar-refractivity contribution >= 4 is 11.5 Å². The predicted octanol–water partition coefficient (Wildman–Crippen LogP) is 1.88. The highest BCUT2D eigenvalue weighted by Crippen LogP contribution is 2.37. The molecule has 0 amide bonds. The highest BCUT2D eigenvalue weighted by Gasteiger charge is 2.26. The third-order valence-electron chi connectivity index (χ3n) is 3.42. The molecule has 20 heavy (non-hydrogen) atoms. The van der Waals surface area contributed by atoms with Crippen LogP contribution in [0, 0.1) is 0 Å². The van der Waals surface area contributed by atoms with Crippen LogP contribution in [0.1, 0.15) is 30.1 Å². The molecular weight excluding hydrogens is 252 g/mol. The standard InChI is InChI=1S/C15H18N4O/c16-12-5-1-10(2-6-12)7-8-17-13-9-14(20)19-15(18-13)11-3-4-11/h1-2,5-6,9,11H,3-4,7-8,16H2,(H2,17,18,19,20). The summed E-state index contributed by atoms with van der Waals surface area (Å²) in [4.78, 5) is 18.8. The number of benzene rings is 1. The second-order valence-corrected chi connectivity index (χ2v) is 5.21. The molecule has 1 aromatic heterocycles. The fourth-order valence-electron chi connectivity index (χ4n) is 2.14. The molecule has 104 valence electrons. The topological polar surface area (TPSA) is 83.8 Å². The molecule has 3 rings (SSSR count). The number of nitrogens with zero attached hydrogens (tertiary/aromatic N) is 1. The first-order valence-corrected chi connectivity index (χ1v) is 6.90. The zero-order chi connectivity index (χ0) is 13.9. The van der Waals surface area contributed by atoms with Crippen molar-refractivity contribution in [2.75, 3.05) is 17.6 Å². The molecule has 1 fully saturated rings. The lowest BCUT2D eigenvalue weighted by molar-refractivity contribution is 0.899. The van der Waals surface area contributed by atoms with Crippen molar-refractivity contribution in [2.24, 2.45) is 0 Å². The average Bonchev–Trinajstić information content (AvgIpc) is 3.25. The van der Waals surface area contributed by atoms with Crippen LogP contribution < -0.4 is 16.6 Å². The highest BCUT2D eigenvalue weighted by molar-refractivity contribution is 5.40. The lowest BCUT2D eigenvalue weighted by Gasteiger charge is -2.07. The second kappa shape index (κ2) is 5.36. The summed E-state index contributed by atoms with van der Waals surface area (Å²) < 4.78 is 0. The first-order valence-electron chi connectivity index (χ1n) is 6.90. The molecule has 1 aromatic carbocycles. The number of rotatable bonds is 5. The Balaban J connectivity index is 1.60. The first kappa shape index (κ1) is 12.7. The van der Waals surface area contributed by atoms with E-state index in [0.717, 1.165) is 37.3 Å². The van der Waals surface area contributed by atoms with Crippen molar-refractivity contribution in [3.8, 4) is 0 Å². The van der Waals surface area contributed by atoms with Gasteiger partial charge in [0.2, 0.25) is 0 Å². The second-order valence-electron chi connectivity index (χ2n) is 5.21. The van der Waals surface area contributed by atoms with E-state index in [-0.39, 0.29) is 5.56 Å². The number of H-pyrrole nitrogens is 1. The molecule has 1 aliphatic carbocycles. The summed E-state index contributed by atoms with van der Waals surface area (Å²) in [5.74, 6) is 1.92. The average molecular weight is 270 g/mol. The molecule has 1 aliphatic rings. The molecule has 0 bridgehead atoms. The van der Waals surface area contributed by atoms with Gasteiger partial charge in [0.1, 0.15) is 11.6 Å². The van der Waals surface area contributed by atoms with Gasteiger partial charge in [-0.2, -0.15) is 0 Å². The molecule has 0 spiro atoms. The summed E-state index contributed by atoms with van der Waals surface area (Å²) in [6, 6.07) is 9.32. The van der Waals surface area contributed by atoms with E-state index in [1.54, 1.807) is 0 Å². The number of nitrogens with one attached hydrogen (secondary N) is 2. The van der Waals surface area contributed by atoms with Gasteiger partial charge >= 0.3 is 0 Å². The summed E-state index contributed by atoms with van der Waals surface area (Å²) >= 11 is 0. The number of hydrogen-bond donors (Lipinski definition) is 3. The molecule has 2 aromatic rings. The van der Waals surface area contributed by atoms with Gasteiger partial charge in [-0.3, -0.25) is 4.79 Å². The summed E-state index contributed by atoms with van der Waals surface area (Å²) in [5.41, 5.74) is 7.54. The van der Waals surface area contributed by atoms with Crippen molar-refractivity contribution in [3.63, 3.8) is 0 Å². The van der Waals surface area contributed by atoms with Crippen LogP contribution in [-0.2, 0) is 6.42 Å². The first-order chi connectivity index (χ1) is 9.70. The predicted molar refractivity (Wildman–Crippen MR) is 79.9 cm³/mol. The molecule has 0 saturated heterocycles. The van der Waals surface area contributed by atoms with Crippen LogP contribution in [0.25, 0.3) is 0 Å². The zero-order valence-electron chi connectivity index (χ0n) is 11.2. The Morgan fingerprint density at radius 1 is 1.30 bits per heavy atom. The van der Waals surface area contributed by atoms with Crippen LogP contribution in [0.5, 0.6) is 0 Å². The molecule has 4 N–H and O–H groups in total. The van der Waals surface area contributed by atoms with Crippen molar-refractivity contribution in [1.82, 2.24) is 9.97 Å². The number of aromatic nitrogens is 2. The van der Waals surface area contributed by atoms with Gasteiger partial charge in [0.15, 0.2) is 0 Å². The Bertz CT molecular complexity index is 644. The number of nitrogens with two attached hydrogens (primary N) is 1. The van der Waals surface area contributed by atoms with Gasteiger partial charge in [-0.25, -0.2) is 4.98 Å². The minimum Gasteiger partial charge on any atom is -0.399 e. The molecular formula is C15H18N4O. The summed E-state index contributed by atoms with van der Waals surface area (Å²) in [5, 5.41) is 3.21. The third kappa shape index (κ3) is 3.17. The summed E-state index contributed by atoms with van der Waals surface area (Å²) in [7, 11) is 0. The van der Waals surface area contributed by atoms with Gasteiger partial charge in [-0.1, -0.05) is 12.1 Å². The molecule has 1 heterocycles. The smallest absolute Gasteiger partial charge is 0.252 e. The van der Waals surface area contributed by atoms with Gasteiger partial charge < -0.3 is 16.0 Å². The lowest BCUT2D eigenvalue weighted by Crippen LogP contribution is -2.14. The fraction of sp³-hybridized carbons (Fsp3) is 0.333. The Kier molecular flexibility index (Phi) is 3.41. The maximum Gasteiger partial charge on any atom is 0.252 e. The van der Waals surface area contributed by atoms with Crippen molar-refractivity contribution < 1.29 is 0 Å². The number of hydrogen-bond acceptors (Lipinski definition) is 4. The maximum atomic E-state index is 11.6. The number of anilines is 2. The van der Waals surface area contributed by atoms with Crippen LogP contribution in [0.4, 0.5) is 11.5 Å². The van der Waals surface area contributed by atoms with Crippen molar-refractivity contribution in [3.05, 3.63) is 52.1 Å². The van der Waals surface area contributed by atoms with E-state index in [2.05, 4.69) is 15.3 Å². The van der Waals surface area contributed by atoms with Crippen LogP contribution in [-0.4, -0.2) is 16.5 Å². The number of nitrogen functional groups attached to an aromatic ring is 1. The minimum absolute atomic E-state index is 0.0862. The zero-order valence-corrected chi connectivity index (χ0v) is 11.2. The van der Waals surface area contributed by atoms with E-state index in [4.69, 9.17) is 5.73 Å². The van der Waals surface area contributed by atoms with Crippen LogP contribution in [0.2, 0.25) is 0 Å². The van der Waals surface area contributed by atoms with E-state index in [1.165, 1.54) is 11.6 Å². The lowest BCUT2D eigenvalue weighted by atomic mass is 10.1.